The minimum absolute atomic E-state index is 0.167. The summed E-state index contributed by atoms with van der Waals surface area (Å²) in [5, 5.41) is 0. The first-order chi connectivity index (χ1) is 7.54. The van der Waals surface area contributed by atoms with Gasteiger partial charge in [0.05, 0.1) is 6.54 Å². The van der Waals surface area contributed by atoms with E-state index < -0.39 is 22.7 Å². The summed E-state index contributed by atoms with van der Waals surface area (Å²) < 4.78 is 87.5. The molecule has 9 heteroatoms. The summed E-state index contributed by atoms with van der Waals surface area (Å²) in [5.41, 5.74) is 0. The van der Waals surface area contributed by atoms with Gasteiger partial charge in [-0.25, -0.2) is 4.57 Å². The van der Waals surface area contributed by atoms with Crippen molar-refractivity contribution in [2.75, 3.05) is 0 Å². The maximum atomic E-state index is 13.1. The van der Waals surface area contributed by atoms with Crippen molar-refractivity contribution in [2.45, 2.75) is 31.6 Å². The Labute approximate surface area is 91.3 Å². The van der Waals surface area contributed by atoms with E-state index in [2.05, 4.69) is 0 Å². The van der Waals surface area contributed by atoms with Gasteiger partial charge in [-0.2, -0.15) is 35.3 Å². The van der Waals surface area contributed by atoms with Crippen molar-refractivity contribution in [2.24, 2.45) is 0 Å². The van der Waals surface area contributed by atoms with E-state index in [0.717, 1.165) is 10.8 Å². The largest absolute Gasteiger partial charge is 0.472 e. The highest BCUT2D eigenvalue weighted by molar-refractivity contribution is 4.81. The Balaban J connectivity index is 3.18. The highest BCUT2D eigenvalue weighted by Crippen LogP contribution is 2.46. The standard InChI is InChI=1S/C8H8F7N2/c1-2-16-3-4-17(5-16)8(14,15)6(9,10)7(11,12)13/h3-5H,2H2,1H3/q+1. The lowest BCUT2D eigenvalue weighted by Crippen LogP contribution is -2.64. The summed E-state index contributed by atoms with van der Waals surface area (Å²) in [5.74, 6) is -6.13. The number of alkyl halides is 7. The Hall–Kier alpha value is -1.28. The first-order valence-corrected chi connectivity index (χ1v) is 4.44. The average Bonchev–Trinajstić information content (AvgIpc) is 2.64. The second-order valence-corrected chi connectivity index (χ2v) is 3.26. The molecule has 1 rings (SSSR count). The van der Waals surface area contributed by atoms with Crippen LogP contribution >= 0.6 is 0 Å². The van der Waals surface area contributed by atoms with Gasteiger partial charge in [-0.05, 0) is 6.92 Å². The zero-order chi connectivity index (χ0) is 13.5. The molecule has 17 heavy (non-hydrogen) atoms. The quantitative estimate of drug-likeness (QED) is 0.586. The molecule has 1 aromatic heterocycles. The molecular weight excluding hydrogens is 257 g/mol. The van der Waals surface area contributed by atoms with Crippen LogP contribution in [0.15, 0.2) is 18.7 Å². The Morgan fingerprint density at radius 3 is 1.94 bits per heavy atom. The molecule has 1 aromatic rings. The zero-order valence-electron chi connectivity index (χ0n) is 8.48. The van der Waals surface area contributed by atoms with E-state index in [4.69, 9.17) is 0 Å². The smallest absolute Gasteiger partial charge is 0.237 e. The number of nitrogens with zero attached hydrogens (tertiary/aromatic N) is 2. The second-order valence-electron chi connectivity index (χ2n) is 3.26. The van der Waals surface area contributed by atoms with Gasteiger partial charge in [0.25, 0.3) is 0 Å². The minimum Gasteiger partial charge on any atom is -0.237 e. The Bertz CT molecular complexity index is 393. The molecule has 98 valence electrons. The van der Waals surface area contributed by atoms with Crippen molar-refractivity contribution in [1.82, 2.24) is 4.57 Å². The second kappa shape index (κ2) is 3.88. The van der Waals surface area contributed by atoms with Crippen molar-refractivity contribution in [3.63, 3.8) is 0 Å². The Morgan fingerprint density at radius 1 is 1.06 bits per heavy atom. The van der Waals surface area contributed by atoms with Crippen molar-refractivity contribution in [3.05, 3.63) is 18.7 Å². The third-order valence-electron chi connectivity index (χ3n) is 2.11. The third kappa shape index (κ3) is 2.09. The maximum absolute atomic E-state index is 13.1. The van der Waals surface area contributed by atoms with Crippen molar-refractivity contribution >= 4 is 0 Å². The lowest BCUT2D eigenvalue weighted by atomic mass is 10.2. The van der Waals surface area contributed by atoms with E-state index in [-0.39, 0.29) is 6.54 Å². The molecule has 1 heterocycles. The molecule has 0 aromatic carbocycles. The summed E-state index contributed by atoms with van der Waals surface area (Å²) in [6, 6.07) is -5.37. The molecule has 0 N–H and O–H groups in total. The van der Waals surface area contributed by atoms with Crippen LogP contribution in [0.25, 0.3) is 0 Å². The van der Waals surface area contributed by atoms with Gasteiger partial charge in [0.1, 0.15) is 12.4 Å². The summed E-state index contributed by atoms with van der Waals surface area (Å²) in [7, 11) is 0. The van der Waals surface area contributed by atoms with Crippen LogP contribution in [0.3, 0.4) is 0 Å². The fourth-order valence-electron chi connectivity index (χ4n) is 1.08. The van der Waals surface area contributed by atoms with Gasteiger partial charge in [0.2, 0.25) is 6.33 Å². The fraction of sp³-hybridized carbons (Fsp3) is 0.625. The number of aromatic nitrogens is 2. The van der Waals surface area contributed by atoms with E-state index in [0.29, 0.717) is 12.5 Å². The van der Waals surface area contributed by atoms with Crippen LogP contribution in [0.2, 0.25) is 0 Å². The predicted octanol–water partition coefficient (Wildman–Crippen LogP) is 2.54. The summed E-state index contributed by atoms with van der Waals surface area (Å²) >= 11 is 0. The normalized spacial score (nSPS) is 14.1. The van der Waals surface area contributed by atoms with Crippen LogP contribution in [-0.4, -0.2) is 16.7 Å². The molecule has 0 aliphatic carbocycles. The monoisotopic (exact) mass is 265 g/mol. The lowest BCUT2D eigenvalue weighted by Gasteiger charge is -2.24. The van der Waals surface area contributed by atoms with Crippen molar-refractivity contribution < 1.29 is 35.3 Å². The molecule has 0 aliphatic heterocycles. The van der Waals surface area contributed by atoms with Crippen LogP contribution in [0.5, 0.6) is 0 Å². The molecule has 0 radical (unpaired) electrons. The highest BCUT2D eigenvalue weighted by atomic mass is 19.4. The molecule has 0 saturated heterocycles. The number of imidazole rings is 1. The van der Waals surface area contributed by atoms with Gasteiger partial charge in [0, 0.05) is 0 Å². The predicted molar refractivity (Wildman–Crippen MR) is 41.5 cm³/mol. The average molecular weight is 265 g/mol. The van der Waals surface area contributed by atoms with Crippen LogP contribution in [0, 0.1) is 0 Å². The molecule has 0 bridgehead atoms. The van der Waals surface area contributed by atoms with Gasteiger partial charge in [-0.15, -0.1) is 0 Å². The molecule has 0 unspecified atom stereocenters. The van der Waals surface area contributed by atoms with Gasteiger partial charge < -0.3 is 0 Å². The maximum Gasteiger partial charge on any atom is 0.472 e. The molecule has 0 spiro atoms. The van der Waals surface area contributed by atoms with Crippen LogP contribution in [0.4, 0.5) is 30.7 Å². The van der Waals surface area contributed by atoms with Gasteiger partial charge in [0.15, 0.2) is 0 Å². The summed E-state index contributed by atoms with van der Waals surface area (Å²) in [6.07, 6.45) is -4.40. The molecular formula is C8H8F7N2+. The van der Waals surface area contributed by atoms with Gasteiger partial charge in [-0.3, -0.25) is 0 Å². The van der Waals surface area contributed by atoms with E-state index >= 15 is 0 Å². The molecule has 0 fully saturated rings. The molecule has 0 aliphatic rings. The number of aryl methyl sites for hydroxylation is 1. The number of halogens is 7. The number of hydrogen-bond acceptors (Lipinski definition) is 0. The first kappa shape index (κ1) is 13.8. The van der Waals surface area contributed by atoms with Gasteiger partial charge in [-0.1, -0.05) is 0 Å². The Kier molecular flexibility index (Phi) is 3.15. The number of hydrogen-bond donors (Lipinski definition) is 0. The van der Waals surface area contributed by atoms with Crippen molar-refractivity contribution in [1.29, 1.82) is 0 Å². The van der Waals surface area contributed by atoms with Crippen LogP contribution in [0.1, 0.15) is 6.92 Å². The number of rotatable bonds is 3. The van der Waals surface area contributed by atoms with Crippen molar-refractivity contribution in [3.8, 4) is 0 Å². The summed E-state index contributed by atoms with van der Waals surface area (Å²) in [4.78, 5) is 0. The van der Waals surface area contributed by atoms with E-state index in [1.807, 2.05) is 0 Å². The van der Waals surface area contributed by atoms with Crippen LogP contribution < -0.4 is 4.57 Å². The molecule has 0 saturated carbocycles. The fourth-order valence-corrected chi connectivity index (χ4v) is 1.08. The summed E-state index contributed by atoms with van der Waals surface area (Å²) in [6.45, 7) is 1.69. The SMILES string of the molecule is CCn1cc[n+](C(F)(F)C(F)(F)C(F)(F)F)c1. The molecule has 2 nitrogen and oxygen atoms in total. The van der Waals surface area contributed by atoms with E-state index in [9.17, 15) is 30.7 Å². The molecule has 0 atom stereocenters. The zero-order valence-corrected chi connectivity index (χ0v) is 8.48. The van der Waals surface area contributed by atoms with E-state index in [1.54, 1.807) is 0 Å². The van der Waals surface area contributed by atoms with E-state index in [1.165, 1.54) is 6.92 Å². The molecule has 0 amide bonds. The Morgan fingerprint density at radius 2 is 1.59 bits per heavy atom. The highest BCUT2D eigenvalue weighted by Gasteiger charge is 2.77. The van der Waals surface area contributed by atoms with Gasteiger partial charge >= 0.3 is 18.1 Å². The third-order valence-corrected chi connectivity index (χ3v) is 2.11. The minimum atomic E-state index is -6.32. The topological polar surface area (TPSA) is 8.81 Å². The lowest BCUT2D eigenvalue weighted by molar-refractivity contribution is -0.849. The first-order valence-electron chi connectivity index (χ1n) is 4.44. The van der Waals surface area contributed by atoms with Crippen LogP contribution in [-0.2, 0) is 12.6 Å².